The minimum absolute atomic E-state index is 0.0533. The van der Waals surface area contributed by atoms with Crippen molar-refractivity contribution in [3.63, 3.8) is 0 Å². The SMILES string of the molecule is CCOC(=O)C1=C(c2ccccc2)N=c2s/c(=C/c3ccc(OCC(=O)N4CCCC4)c(OCC)c3)c(=O)n2[C@@H]1c1ccc(Cl)cc1. The van der Waals surface area contributed by atoms with Crippen LogP contribution >= 0.6 is 22.9 Å². The monoisotopic (exact) mass is 671 g/mol. The molecule has 0 spiro atoms. The van der Waals surface area contributed by atoms with Gasteiger partial charge >= 0.3 is 5.97 Å². The van der Waals surface area contributed by atoms with Gasteiger partial charge < -0.3 is 19.1 Å². The molecule has 47 heavy (non-hydrogen) atoms. The minimum atomic E-state index is -0.803. The number of esters is 1. The zero-order chi connectivity index (χ0) is 32.9. The molecule has 1 amide bonds. The summed E-state index contributed by atoms with van der Waals surface area (Å²) in [6, 6.07) is 21.0. The van der Waals surface area contributed by atoms with E-state index in [4.69, 9.17) is 30.8 Å². The second-order valence-electron chi connectivity index (χ2n) is 11.0. The molecule has 6 rings (SSSR count). The van der Waals surface area contributed by atoms with Crippen molar-refractivity contribution in [2.24, 2.45) is 4.99 Å². The molecule has 0 bridgehead atoms. The van der Waals surface area contributed by atoms with Crippen LogP contribution < -0.4 is 24.4 Å². The van der Waals surface area contributed by atoms with Crippen LogP contribution in [0.5, 0.6) is 11.5 Å². The van der Waals surface area contributed by atoms with E-state index in [0.717, 1.165) is 31.5 Å². The van der Waals surface area contributed by atoms with E-state index in [1.165, 1.54) is 11.3 Å². The Morgan fingerprint density at radius 1 is 0.957 bits per heavy atom. The van der Waals surface area contributed by atoms with E-state index < -0.39 is 12.0 Å². The third kappa shape index (κ3) is 6.89. The van der Waals surface area contributed by atoms with Crippen molar-refractivity contribution in [3.05, 3.63) is 120 Å². The lowest BCUT2D eigenvalue weighted by molar-refractivity contribution is -0.139. The molecule has 0 N–H and O–H groups in total. The van der Waals surface area contributed by atoms with Gasteiger partial charge in [0.15, 0.2) is 22.9 Å². The standard InChI is InChI=1S/C36H34ClN3O6S/c1-3-44-28-20-23(12-17-27(28)46-22-30(41)39-18-8-9-19-39)21-29-34(42)40-33(25-13-15-26(37)16-14-25)31(35(43)45-4-2)32(38-36(40)47-29)24-10-6-5-7-11-24/h5-7,10-17,20-21,33H,3-4,8-9,18-19,22H2,1-2H3/b29-21+/t33-/m1/s1. The van der Waals surface area contributed by atoms with Crippen LogP contribution in [-0.4, -0.2) is 54.3 Å². The van der Waals surface area contributed by atoms with Crippen LogP contribution in [0.4, 0.5) is 0 Å². The number of fused-ring (bicyclic) bond motifs is 1. The zero-order valence-electron chi connectivity index (χ0n) is 26.1. The van der Waals surface area contributed by atoms with Gasteiger partial charge in [0.2, 0.25) is 0 Å². The summed E-state index contributed by atoms with van der Waals surface area (Å²) < 4.78 is 19.2. The second kappa shape index (κ2) is 14.4. The van der Waals surface area contributed by atoms with Crippen LogP contribution in [0.15, 0.2) is 88.2 Å². The largest absolute Gasteiger partial charge is 0.490 e. The summed E-state index contributed by atoms with van der Waals surface area (Å²) in [6.45, 7) is 5.60. The van der Waals surface area contributed by atoms with Gasteiger partial charge in [-0.1, -0.05) is 71.5 Å². The maximum Gasteiger partial charge on any atom is 0.338 e. The van der Waals surface area contributed by atoms with E-state index in [9.17, 15) is 14.4 Å². The fraction of sp³-hybridized carbons (Fsp3) is 0.278. The summed E-state index contributed by atoms with van der Waals surface area (Å²) in [5.41, 5.74) is 2.53. The van der Waals surface area contributed by atoms with Crippen LogP contribution in [0.25, 0.3) is 11.8 Å². The molecule has 1 atom stereocenters. The highest BCUT2D eigenvalue weighted by atomic mass is 35.5. The molecule has 0 saturated carbocycles. The Morgan fingerprint density at radius 2 is 1.70 bits per heavy atom. The number of ether oxygens (including phenoxy) is 3. The third-order valence-corrected chi connectivity index (χ3v) is 9.17. The summed E-state index contributed by atoms with van der Waals surface area (Å²) in [5, 5.41) is 0.532. The normalized spacial score (nSPS) is 16.1. The number of hydrogen-bond acceptors (Lipinski definition) is 8. The van der Waals surface area contributed by atoms with Gasteiger partial charge in [-0.05, 0) is 68.2 Å². The Labute approximate surface area is 281 Å². The van der Waals surface area contributed by atoms with E-state index >= 15 is 0 Å². The first-order valence-electron chi connectivity index (χ1n) is 15.6. The molecule has 2 aliphatic rings. The van der Waals surface area contributed by atoms with Crippen molar-refractivity contribution in [3.8, 4) is 11.5 Å². The predicted molar refractivity (Wildman–Crippen MR) is 181 cm³/mol. The Balaban J connectivity index is 1.45. The van der Waals surface area contributed by atoms with Gasteiger partial charge in [0.05, 0.1) is 35.1 Å². The van der Waals surface area contributed by atoms with Crippen molar-refractivity contribution in [2.45, 2.75) is 32.7 Å². The number of rotatable bonds is 10. The van der Waals surface area contributed by atoms with Gasteiger partial charge in [-0.25, -0.2) is 9.79 Å². The molecule has 1 fully saturated rings. The first-order valence-corrected chi connectivity index (χ1v) is 16.8. The summed E-state index contributed by atoms with van der Waals surface area (Å²) in [6.07, 6.45) is 3.78. The Hall–Kier alpha value is -4.67. The Morgan fingerprint density at radius 3 is 2.40 bits per heavy atom. The smallest absolute Gasteiger partial charge is 0.338 e. The molecule has 0 unspecified atom stereocenters. The van der Waals surface area contributed by atoms with Gasteiger partial charge in [-0.2, -0.15) is 0 Å². The molecule has 3 heterocycles. The maximum atomic E-state index is 14.2. The van der Waals surface area contributed by atoms with Crippen LogP contribution in [0.3, 0.4) is 0 Å². The van der Waals surface area contributed by atoms with E-state index in [0.29, 0.717) is 49.3 Å². The van der Waals surface area contributed by atoms with Crippen molar-refractivity contribution < 1.29 is 23.8 Å². The van der Waals surface area contributed by atoms with Gasteiger partial charge in [-0.3, -0.25) is 14.2 Å². The molecule has 11 heteroatoms. The molecule has 4 aromatic rings. The number of hydrogen-bond donors (Lipinski definition) is 0. The number of carbonyl (C=O) groups is 2. The molecular formula is C36H34ClN3O6S. The summed E-state index contributed by atoms with van der Waals surface area (Å²) in [4.78, 5) is 47.5. The number of amides is 1. The fourth-order valence-corrected chi connectivity index (χ4v) is 6.88. The Bertz CT molecular complexity index is 2000. The first kappa shape index (κ1) is 32.3. The predicted octanol–water partition coefficient (Wildman–Crippen LogP) is 4.99. The molecule has 1 saturated heterocycles. The fourth-order valence-electron chi connectivity index (χ4n) is 5.75. The third-order valence-electron chi connectivity index (χ3n) is 7.93. The van der Waals surface area contributed by atoms with Crippen molar-refractivity contribution in [2.75, 3.05) is 32.9 Å². The van der Waals surface area contributed by atoms with Crippen LogP contribution in [0.1, 0.15) is 49.4 Å². The molecule has 1 aromatic heterocycles. The van der Waals surface area contributed by atoms with Crippen LogP contribution in [-0.2, 0) is 14.3 Å². The number of likely N-dealkylation sites (tertiary alicyclic amines) is 1. The summed E-state index contributed by atoms with van der Waals surface area (Å²) >= 11 is 7.46. The lowest BCUT2D eigenvalue weighted by atomic mass is 9.93. The molecule has 9 nitrogen and oxygen atoms in total. The summed E-state index contributed by atoms with van der Waals surface area (Å²) in [5.74, 6) is 0.317. The average Bonchev–Trinajstić information content (AvgIpc) is 3.73. The van der Waals surface area contributed by atoms with Crippen molar-refractivity contribution in [1.82, 2.24) is 9.47 Å². The minimum Gasteiger partial charge on any atom is -0.490 e. The number of benzene rings is 3. The number of nitrogens with zero attached hydrogens (tertiary/aromatic N) is 3. The Kier molecular flexibility index (Phi) is 9.89. The lowest BCUT2D eigenvalue weighted by Gasteiger charge is -2.25. The molecule has 0 radical (unpaired) electrons. The molecule has 2 aliphatic heterocycles. The van der Waals surface area contributed by atoms with Gasteiger partial charge in [0.1, 0.15) is 0 Å². The lowest BCUT2D eigenvalue weighted by Crippen LogP contribution is -2.40. The quantitative estimate of drug-likeness (QED) is 0.221. The number of thiazole rings is 1. The van der Waals surface area contributed by atoms with E-state index in [2.05, 4.69) is 0 Å². The highest BCUT2D eigenvalue weighted by Crippen LogP contribution is 2.35. The number of aromatic nitrogens is 1. The number of carbonyl (C=O) groups excluding carboxylic acids is 2. The van der Waals surface area contributed by atoms with Crippen LogP contribution in [0, 0.1) is 0 Å². The molecule has 3 aromatic carbocycles. The van der Waals surface area contributed by atoms with Crippen LogP contribution in [0.2, 0.25) is 5.02 Å². The second-order valence-corrected chi connectivity index (χ2v) is 12.4. The topological polar surface area (TPSA) is 99.4 Å². The van der Waals surface area contributed by atoms with Gasteiger partial charge in [0, 0.05) is 23.7 Å². The molecule has 0 aliphatic carbocycles. The zero-order valence-corrected chi connectivity index (χ0v) is 27.7. The highest BCUT2D eigenvalue weighted by Gasteiger charge is 2.35. The van der Waals surface area contributed by atoms with E-state index in [1.54, 1.807) is 54.0 Å². The van der Waals surface area contributed by atoms with Crippen molar-refractivity contribution in [1.29, 1.82) is 0 Å². The highest BCUT2D eigenvalue weighted by molar-refractivity contribution is 7.07. The maximum absolute atomic E-state index is 14.2. The summed E-state index contributed by atoms with van der Waals surface area (Å²) in [7, 11) is 0. The van der Waals surface area contributed by atoms with Gasteiger partial charge in [0.25, 0.3) is 11.5 Å². The first-order chi connectivity index (χ1) is 22.9. The van der Waals surface area contributed by atoms with E-state index in [1.807, 2.05) is 48.2 Å². The van der Waals surface area contributed by atoms with E-state index in [-0.39, 0.29) is 30.3 Å². The number of halogens is 1. The molecular weight excluding hydrogens is 638 g/mol. The van der Waals surface area contributed by atoms with Crippen molar-refractivity contribution >= 4 is 46.6 Å². The molecule has 242 valence electrons. The van der Waals surface area contributed by atoms with Gasteiger partial charge in [-0.15, -0.1) is 0 Å². The average molecular weight is 672 g/mol.